The van der Waals surface area contributed by atoms with Crippen LogP contribution in [0, 0.1) is 6.92 Å². The van der Waals surface area contributed by atoms with Crippen LogP contribution in [0.1, 0.15) is 28.9 Å². The topological polar surface area (TPSA) is 72.4 Å². The van der Waals surface area contributed by atoms with Crippen molar-refractivity contribution in [1.29, 1.82) is 0 Å². The van der Waals surface area contributed by atoms with Gasteiger partial charge in [0.1, 0.15) is 5.82 Å². The summed E-state index contributed by atoms with van der Waals surface area (Å²) in [7, 11) is 1.83. The van der Waals surface area contributed by atoms with Gasteiger partial charge in [0, 0.05) is 13.5 Å². The largest absolute Gasteiger partial charge is 0.476 e. The van der Waals surface area contributed by atoms with E-state index in [0.29, 0.717) is 11.5 Å². The number of hydrogen-bond acceptors (Lipinski definition) is 3. The van der Waals surface area contributed by atoms with Gasteiger partial charge in [-0.25, -0.2) is 9.78 Å². The third-order valence-electron chi connectivity index (χ3n) is 2.43. The molecule has 0 atom stereocenters. The SMILES string of the molecule is CCc1nn2c(C(=O)O)c(C)nc2n1C. The lowest BCUT2D eigenvalue weighted by molar-refractivity contribution is 0.0687. The van der Waals surface area contributed by atoms with Crippen LogP contribution < -0.4 is 0 Å². The number of aromatic nitrogens is 4. The van der Waals surface area contributed by atoms with Crippen molar-refractivity contribution in [2.75, 3.05) is 0 Å². The van der Waals surface area contributed by atoms with Crippen molar-refractivity contribution in [2.24, 2.45) is 7.05 Å². The van der Waals surface area contributed by atoms with Gasteiger partial charge in [0.2, 0.25) is 5.78 Å². The summed E-state index contributed by atoms with van der Waals surface area (Å²) >= 11 is 0. The number of hydrogen-bond donors (Lipinski definition) is 1. The fraction of sp³-hybridized carbons (Fsp3) is 0.444. The number of carboxylic acids is 1. The molecule has 0 fully saturated rings. The summed E-state index contributed by atoms with van der Waals surface area (Å²) in [6, 6.07) is 0. The van der Waals surface area contributed by atoms with E-state index in [9.17, 15) is 4.79 Å². The fourth-order valence-electron chi connectivity index (χ4n) is 1.67. The number of rotatable bonds is 2. The molecule has 6 nitrogen and oxygen atoms in total. The molecule has 6 heteroatoms. The average molecular weight is 208 g/mol. The second-order valence-corrected chi connectivity index (χ2v) is 3.39. The third-order valence-corrected chi connectivity index (χ3v) is 2.43. The third kappa shape index (κ3) is 1.21. The van der Waals surface area contributed by atoms with E-state index >= 15 is 0 Å². The molecule has 2 heterocycles. The van der Waals surface area contributed by atoms with E-state index in [0.717, 1.165) is 12.2 Å². The van der Waals surface area contributed by atoms with E-state index < -0.39 is 5.97 Å². The molecule has 2 rings (SSSR count). The lowest BCUT2D eigenvalue weighted by Crippen LogP contribution is -2.04. The molecular weight excluding hydrogens is 196 g/mol. The van der Waals surface area contributed by atoms with Gasteiger partial charge in [-0.2, -0.15) is 9.61 Å². The fourth-order valence-corrected chi connectivity index (χ4v) is 1.67. The van der Waals surface area contributed by atoms with Crippen LogP contribution in [0.25, 0.3) is 5.78 Å². The summed E-state index contributed by atoms with van der Waals surface area (Å²) < 4.78 is 3.19. The number of aromatic carboxylic acids is 1. The Morgan fingerprint density at radius 1 is 1.53 bits per heavy atom. The summed E-state index contributed by atoms with van der Waals surface area (Å²) in [5.74, 6) is 0.391. The Hall–Kier alpha value is -1.85. The number of aryl methyl sites for hydroxylation is 3. The first-order chi connectivity index (χ1) is 7.06. The van der Waals surface area contributed by atoms with Crippen molar-refractivity contribution in [3.05, 3.63) is 17.2 Å². The monoisotopic (exact) mass is 208 g/mol. The van der Waals surface area contributed by atoms with E-state index in [1.165, 1.54) is 4.52 Å². The molecule has 2 aromatic heterocycles. The minimum Gasteiger partial charge on any atom is -0.476 e. The van der Waals surface area contributed by atoms with Gasteiger partial charge >= 0.3 is 5.97 Å². The molecule has 0 bridgehead atoms. The Morgan fingerprint density at radius 2 is 2.20 bits per heavy atom. The Bertz CT molecular complexity index is 538. The van der Waals surface area contributed by atoms with Crippen molar-refractivity contribution in [3.63, 3.8) is 0 Å². The average Bonchev–Trinajstić information content (AvgIpc) is 2.63. The maximum Gasteiger partial charge on any atom is 0.356 e. The van der Waals surface area contributed by atoms with Gasteiger partial charge < -0.3 is 9.67 Å². The van der Waals surface area contributed by atoms with Crippen LogP contribution in [-0.2, 0) is 13.5 Å². The van der Waals surface area contributed by atoms with Crippen molar-refractivity contribution in [3.8, 4) is 0 Å². The second kappa shape index (κ2) is 3.08. The highest BCUT2D eigenvalue weighted by atomic mass is 16.4. The molecule has 15 heavy (non-hydrogen) atoms. The van der Waals surface area contributed by atoms with Crippen molar-refractivity contribution in [2.45, 2.75) is 20.3 Å². The number of carbonyl (C=O) groups is 1. The zero-order chi connectivity index (χ0) is 11.2. The lowest BCUT2D eigenvalue weighted by Gasteiger charge is -1.93. The van der Waals surface area contributed by atoms with Gasteiger partial charge in [-0.1, -0.05) is 6.92 Å². The van der Waals surface area contributed by atoms with Crippen LogP contribution in [0.15, 0.2) is 0 Å². The second-order valence-electron chi connectivity index (χ2n) is 3.39. The van der Waals surface area contributed by atoms with Crippen molar-refractivity contribution in [1.82, 2.24) is 19.2 Å². The normalized spacial score (nSPS) is 11.1. The molecule has 0 amide bonds. The van der Waals surface area contributed by atoms with E-state index in [-0.39, 0.29) is 5.69 Å². The molecule has 1 N–H and O–H groups in total. The van der Waals surface area contributed by atoms with Gasteiger partial charge in [-0.05, 0) is 6.92 Å². The van der Waals surface area contributed by atoms with Gasteiger partial charge in [0.05, 0.1) is 5.69 Å². The summed E-state index contributed by atoms with van der Waals surface area (Å²) in [6.45, 7) is 3.64. The Labute approximate surface area is 86.2 Å². The Kier molecular flexibility index (Phi) is 1.99. The number of carboxylic acid groups (broad SMARTS) is 1. The van der Waals surface area contributed by atoms with Crippen LogP contribution in [0.5, 0.6) is 0 Å². The van der Waals surface area contributed by atoms with Crippen LogP contribution in [0.3, 0.4) is 0 Å². The van der Waals surface area contributed by atoms with Gasteiger partial charge in [-0.15, -0.1) is 0 Å². The summed E-state index contributed by atoms with van der Waals surface area (Å²) in [6.07, 6.45) is 0.748. The quantitative estimate of drug-likeness (QED) is 0.785. The zero-order valence-corrected chi connectivity index (χ0v) is 8.85. The Morgan fingerprint density at radius 3 is 2.73 bits per heavy atom. The minimum absolute atomic E-state index is 0.139. The van der Waals surface area contributed by atoms with Crippen molar-refractivity contribution < 1.29 is 9.90 Å². The molecule has 0 aliphatic rings. The molecule has 0 unspecified atom stereocenters. The Balaban J connectivity index is 2.81. The standard InChI is InChI=1S/C9H12N4O2/c1-4-6-11-13-7(8(14)15)5(2)10-9(13)12(6)3/h4H2,1-3H3,(H,14,15). The molecule has 80 valence electrons. The maximum atomic E-state index is 11.0. The highest BCUT2D eigenvalue weighted by Crippen LogP contribution is 2.12. The van der Waals surface area contributed by atoms with E-state index in [1.807, 2.05) is 14.0 Å². The molecule has 2 aromatic rings. The molecule has 0 aromatic carbocycles. The molecular formula is C9H12N4O2. The zero-order valence-electron chi connectivity index (χ0n) is 8.85. The number of fused-ring (bicyclic) bond motifs is 1. The number of nitrogens with zero attached hydrogens (tertiary/aromatic N) is 4. The highest BCUT2D eigenvalue weighted by molar-refractivity contribution is 5.87. The van der Waals surface area contributed by atoms with Gasteiger partial charge in [0.15, 0.2) is 5.69 Å². The van der Waals surface area contributed by atoms with Crippen LogP contribution in [-0.4, -0.2) is 30.2 Å². The van der Waals surface area contributed by atoms with Crippen LogP contribution >= 0.6 is 0 Å². The first-order valence-corrected chi connectivity index (χ1v) is 4.70. The van der Waals surface area contributed by atoms with Crippen LogP contribution in [0.2, 0.25) is 0 Å². The molecule has 0 radical (unpaired) electrons. The van der Waals surface area contributed by atoms with E-state index in [4.69, 9.17) is 5.11 Å². The predicted molar refractivity (Wildman–Crippen MR) is 53.0 cm³/mol. The molecule has 0 saturated heterocycles. The molecule has 0 spiro atoms. The first-order valence-electron chi connectivity index (χ1n) is 4.70. The van der Waals surface area contributed by atoms with Gasteiger partial charge in [0.25, 0.3) is 0 Å². The maximum absolute atomic E-state index is 11.0. The van der Waals surface area contributed by atoms with Gasteiger partial charge in [-0.3, -0.25) is 0 Å². The summed E-state index contributed by atoms with van der Waals surface area (Å²) in [4.78, 5) is 15.2. The van der Waals surface area contributed by atoms with Crippen molar-refractivity contribution >= 4 is 11.7 Å². The number of imidazole rings is 1. The smallest absolute Gasteiger partial charge is 0.356 e. The highest BCUT2D eigenvalue weighted by Gasteiger charge is 2.20. The van der Waals surface area contributed by atoms with Crippen LogP contribution in [0.4, 0.5) is 0 Å². The molecule has 0 saturated carbocycles. The van der Waals surface area contributed by atoms with E-state index in [2.05, 4.69) is 10.1 Å². The summed E-state index contributed by atoms with van der Waals surface area (Å²) in [5.41, 5.74) is 0.628. The molecule has 0 aliphatic heterocycles. The predicted octanol–water partition coefficient (Wildman–Crippen LogP) is 0.637. The summed E-state index contributed by atoms with van der Waals surface area (Å²) in [5, 5.41) is 13.2. The lowest BCUT2D eigenvalue weighted by atomic mass is 10.3. The minimum atomic E-state index is -0.999. The first kappa shape index (κ1) is 9.70. The molecule has 0 aliphatic carbocycles. The van der Waals surface area contributed by atoms with E-state index in [1.54, 1.807) is 11.5 Å².